The Bertz CT molecular complexity index is 683. The summed E-state index contributed by atoms with van der Waals surface area (Å²) in [7, 11) is 0. The molecule has 1 saturated carbocycles. The maximum Gasteiger partial charge on any atom is 0.267 e. The van der Waals surface area contributed by atoms with E-state index in [9.17, 15) is 9.59 Å². The van der Waals surface area contributed by atoms with Crippen LogP contribution in [0, 0.1) is 11.8 Å². The van der Waals surface area contributed by atoms with Gasteiger partial charge in [-0.05, 0) is 62.3 Å². The number of hydrogen-bond acceptors (Lipinski definition) is 3. The van der Waals surface area contributed by atoms with Crippen LogP contribution >= 0.6 is 0 Å². The monoisotopic (exact) mass is 343 g/mol. The molecule has 0 N–H and O–H groups in total. The van der Waals surface area contributed by atoms with Gasteiger partial charge in [0.15, 0.2) is 0 Å². The molecule has 0 aromatic carbocycles. The summed E-state index contributed by atoms with van der Waals surface area (Å²) < 4.78 is 1.67. The zero-order valence-corrected chi connectivity index (χ0v) is 15.1. The van der Waals surface area contributed by atoms with Crippen LogP contribution in [-0.4, -0.2) is 33.7 Å². The quantitative estimate of drug-likeness (QED) is 0.844. The Hall–Kier alpha value is -1.65. The molecule has 1 amide bonds. The lowest BCUT2D eigenvalue weighted by Crippen LogP contribution is -2.40. The largest absolute Gasteiger partial charge is 0.343 e. The highest BCUT2D eigenvalue weighted by Crippen LogP contribution is 2.29. The van der Waals surface area contributed by atoms with E-state index in [-0.39, 0.29) is 5.56 Å². The molecule has 4 rings (SSSR count). The molecular formula is C20H29N3O2. The van der Waals surface area contributed by atoms with Crippen molar-refractivity contribution in [1.29, 1.82) is 0 Å². The van der Waals surface area contributed by atoms with E-state index < -0.39 is 0 Å². The van der Waals surface area contributed by atoms with Gasteiger partial charge in [-0.25, -0.2) is 4.68 Å². The third-order valence-electron chi connectivity index (χ3n) is 6.36. The van der Waals surface area contributed by atoms with Crippen molar-refractivity contribution in [2.75, 3.05) is 13.1 Å². The minimum absolute atomic E-state index is 0.0420. The molecule has 25 heavy (non-hydrogen) atoms. The van der Waals surface area contributed by atoms with Crippen LogP contribution in [-0.2, 0) is 24.2 Å². The molecule has 2 heterocycles. The number of piperidine rings is 1. The molecule has 0 spiro atoms. The van der Waals surface area contributed by atoms with Crippen molar-refractivity contribution in [3.63, 3.8) is 0 Å². The van der Waals surface area contributed by atoms with Crippen LogP contribution in [0.15, 0.2) is 10.9 Å². The molecule has 2 fully saturated rings. The van der Waals surface area contributed by atoms with Crippen LogP contribution in [0.3, 0.4) is 0 Å². The second-order valence-corrected chi connectivity index (χ2v) is 8.17. The van der Waals surface area contributed by atoms with E-state index in [1.54, 1.807) is 10.7 Å². The summed E-state index contributed by atoms with van der Waals surface area (Å²) in [5.74, 6) is 1.43. The Kier molecular flexibility index (Phi) is 4.91. The van der Waals surface area contributed by atoms with Crippen molar-refractivity contribution in [2.24, 2.45) is 11.8 Å². The van der Waals surface area contributed by atoms with E-state index in [2.05, 4.69) is 5.10 Å². The van der Waals surface area contributed by atoms with Crippen LogP contribution in [0.1, 0.15) is 62.6 Å². The fraction of sp³-hybridized carbons (Fsp3) is 0.750. The molecule has 1 aromatic heterocycles. The fourth-order valence-electron chi connectivity index (χ4n) is 4.77. The fourth-order valence-corrected chi connectivity index (χ4v) is 4.77. The number of likely N-dealkylation sites (tertiary alicyclic amines) is 1. The number of aromatic nitrogens is 2. The van der Waals surface area contributed by atoms with Gasteiger partial charge < -0.3 is 4.90 Å². The van der Waals surface area contributed by atoms with Crippen molar-refractivity contribution >= 4 is 5.91 Å². The standard InChI is InChI=1S/C20H29N3O2/c24-19(12-15-4-1-2-5-15)22-10-8-16(9-11-22)14-23-20(25)13-17-6-3-7-18(17)21-23/h13,15-16H,1-12,14H2. The lowest BCUT2D eigenvalue weighted by molar-refractivity contribution is -0.133. The Morgan fingerprint density at radius 3 is 2.56 bits per heavy atom. The van der Waals surface area contributed by atoms with Crippen LogP contribution in [0.4, 0.5) is 0 Å². The smallest absolute Gasteiger partial charge is 0.267 e. The van der Waals surface area contributed by atoms with E-state index in [0.29, 0.717) is 24.3 Å². The first kappa shape index (κ1) is 16.8. The van der Waals surface area contributed by atoms with Crippen molar-refractivity contribution in [3.05, 3.63) is 27.7 Å². The van der Waals surface area contributed by atoms with Gasteiger partial charge in [0.05, 0.1) is 5.69 Å². The number of rotatable bonds is 4. The molecule has 3 aliphatic rings. The number of nitrogens with zero attached hydrogens (tertiary/aromatic N) is 3. The SMILES string of the molecule is O=C(CC1CCCC1)N1CCC(Cn2nc3c(cc2=O)CCC3)CC1. The molecule has 5 heteroatoms. The summed E-state index contributed by atoms with van der Waals surface area (Å²) in [5, 5.41) is 4.59. The minimum atomic E-state index is 0.0420. The van der Waals surface area contributed by atoms with Crippen molar-refractivity contribution in [2.45, 2.75) is 70.8 Å². The third-order valence-corrected chi connectivity index (χ3v) is 6.36. The van der Waals surface area contributed by atoms with Crippen molar-refractivity contribution in [3.8, 4) is 0 Å². The van der Waals surface area contributed by atoms with Crippen molar-refractivity contribution in [1.82, 2.24) is 14.7 Å². The Labute approximate surface area is 149 Å². The first-order valence-corrected chi connectivity index (χ1v) is 10.1. The molecule has 0 bridgehead atoms. The Morgan fingerprint density at radius 1 is 1.04 bits per heavy atom. The summed E-state index contributed by atoms with van der Waals surface area (Å²) in [6.45, 7) is 2.39. The van der Waals surface area contributed by atoms with Crippen molar-refractivity contribution < 1.29 is 4.79 Å². The molecule has 2 aliphatic carbocycles. The number of hydrogen-bond donors (Lipinski definition) is 0. The molecule has 0 unspecified atom stereocenters. The number of aryl methyl sites for hydroxylation is 2. The Morgan fingerprint density at radius 2 is 1.80 bits per heavy atom. The van der Waals surface area contributed by atoms with E-state index in [0.717, 1.165) is 62.9 Å². The van der Waals surface area contributed by atoms with Gasteiger partial charge in [-0.2, -0.15) is 5.10 Å². The summed E-state index contributed by atoms with van der Waals surface area (Å²) in [5.41, 5.74) is 2.30. The topological polar surface area (TPSA) is 55.2 Å². The van der Waals surface area contributed by atoms with Gasteiger partial charge >= 0.3 is 0 Å². The molecule has 136 valence electrons. The first-order chi connectivity index (χ1) is 12.2. The average molecular weight is 343 g/mol. The molecule has 1 aromatic rings. The van der Waals surface area contributed by atoms with Gasteiger partial charge in [0.2, 0.25) is 5.91 Å². The second-order valence-electron chi connectivity index (χ2n) is 8.17. The first-order valence-electron chi connectivity index (χ1n) is 10.1. The maximum absolute atomic E-state index is 12.5. The predicted octanol–water partition coefficient (Wildman–Crippen LogP) is 2.55. The van der Waals surface area contributed by atoms with Crippen LogP contribution < -0.4 is 5.56 Å². The van der Waals surface area contributed by atoms with Gasteiger partial charge in [-0.1, -0.05) is 12.8 Å². The van der Waals surface area contributed by atoms with Gasteiger partial charge in [0.1, 0.15) is 0 Å². The van der Waals surface area contributed by atoms with Crippen LogP contribution in [0.5, 0.6) is 0 Å². The molecule has 1 saturated heterocycles. The second kappa shape index (κ2) is 7.30. The molecule has 0 atom stereocenters. The average Bonchev–Trinajstić information content (AvgIpc) is 3.27. The van der Waals surface area contributed by atoms with Crippen LogP contribution in [0.2, 0.25) is 0 Å². The molecule has 1 aliphatic heterocycles. The van der Waals surface area contributed by atoms with Gasteiger partial charge in [0.25, 0.3) is 5.56 Å². The lowest BCUT2D eigenvalue weighted by atomic mass is 9.95. The highest BCUT2D eigenvalue weighted by Gasteiger charge is 2.26. The van der Waals surface area contributed by atoms with E-state index in [1.165, 1.54) is 25.7 Å². The number of amides is 1. The van der Waals surface area contributed by atoms with Gasteiger partial charge in [-0.3, -0.25) is 9.59 Å². The van der Waals surface area contributed by atoms with E-state index in [1.807, 2.05) is 4.90 Å². The summed E-state index contributed by atoms with van der Waals surface area (Å²) >= 11 is 0. The summed E-state index contributed by atoms with van der Waals surface area (Å²) in [4.78, 5) is 26.8. The van der Waals surface area contributed by atoms with Crippen LogP contribution in [0.25, 0.3) is 0 Å². The Balaban J connectivity index is 1.30. The highest BCUT2D eigenvalue weighted by atomic mass is 16.2. The molecule has 5 nitrogen and oxygen atoms in total. The van der Waals surface area contributed by atoms with E-state index >= 15 is 0 Å². The maximum atomic E-state index is 12.5. The zero-order chi connectivity index (χ0) is 17.2. The third kappa shape index (κ3) is 3.80. The summed E-state index contributed by atoms with van der Waals surface area (Å²) in [6, 6.07) is 1.79. The summed E-state index contributed by atoms with van der Waals surface area (Å²) in [6.07, 6.45) is 10.9. The predicted molar refractivity (Wildman–Crippen MR) is 96.4 cm³/mol. The normalized spacial score (nSPS) is 21.7. The molecule has 0 radical (unpaired) electrons. The minimum Gasteiger partial charge on any atom is -0.343 e. The van der Waals surface area contributed by atoms with Gasteiger partial charge in [0, 0.05) is 32.1 Å². The highest BCUT2D eigenvalue weighted by molar-refractivity contribution is 5.76. The van der Waals surface area contributed by atoms with E-state index in [4.69, 9.17) is 0 Å². The number of fused-ring (bicyclic) bond motifs is 1. The van der Waals surface area contributed by atoms with Gasteiger partial charge in [-0.15, -0.1) is 0 Å². The number of carbonyl (C=O) groups is 1. The zero-order valence-electron chi connectivity index (χ0n) is 15.1. The lowest BCUT2D eigenvalue weighted by Gasteiger charge is -2.32. The number of carbonyl (C=O) groups excluding carboxylic acids is 1. The molecular weight excluding hydrogens is 314 g/mol.